The van der Waals surface area contributed by atoms with E-state index in [1.165, 1.54) is 24.0 Å². The molecule has 3 atom stereocenters. The van der Waals surface area contributed by atoms with E-state index in [2.05, 4.69) is 41.0 Å². The summed E-state index contributed by atoms with van der Waals surface area (Å²) in [7, 11) is 0. The standard InChI is InChI=1S/C20H28N2O2/c1-2-5-14-8-10-15(11-9-14)19-17(22-18(19)13-23)12-21-20(24)16-6-3-4-7-16/h2,5,8-11,16-19,22-23H,3-4,6-7,12-13H2,1H3,(H,21,24)/b5-2+/t17-,18-,19-/m1/s1. The molecule has 2 aliphatic rings. The lowest BCUT2D eigenvalue weighted by Gasteiger charge is -2.46. The van der Waals surface area contributed by atoms with Crippen molar-refractivity contribution in [1.82, 2.24) is 10.6 Å². The van der Waals surface area contributed by atoms with Crippen LogP contribution in [0.25, 0.3) is 6.08 Å². The summed E-state index contributed by atoms with van der Waals surface area (Å²) in [6.45, 7) is 2.76. The third kappa shape index (κ3) is 3.70. The maximum Gasteiger partial charge on any atom is 0.223 e. The van der Waals surface area contributed by atoms with Gasteiger partial charge < -0.3 is 15.7 Å². The average Bonchev–Trinajstić information content (AvgIpc) is 3.10. The van der Waals surface area contributed by atoms with Crippen molar-refractivity contribution < 1.29 is 9.90 Å². The van der Waals surface area contributed by atoms with Crippen LogP contribution < -0.4 is 10.6 Å². The Balaban J connectivity index is 1.60. The van der Waals surface area contributed by atoms with Crippen LogP contribution in [0.1, 0.15) is 49.7 Å². The second kappa shape index (κ2) is 7.95. The number of hydrogen-bond acceptors (Lipinski definition) is 3. The number of allylic oxidation sites excluding steroid dienone is 1. The first kappa shape index (κ1) is 17.2. The summed E-state index contributed by atoms with van der Waals surface area (Å²) in [4.78, 5) is 12.2. The van der Waals surface area contributed by atoms with Gasteiger partial charge in [0.05, 0.1) is 6.61 Å². The summed E-state index contributed by atoms with van der Waals surface area (Å²) in [5.41, 5.74) is 2.40. The van der Waals surface area contributed by atoms with Crippen LogP contribution >= 0.6 is 0 Å². The van der Waals surface area contributed by atoms with Gasteiger partial charge in [-0.15, -0.1) is 0 Å². The summed E-state index contributed by atoms with van der Waals surface area (Å²) in [5, 5.41) is 16.1. The number of amides is 1. The van der Waals surface area contributed by atoms with Gasteiger partial charge in [-0.25, -0.2) is 0 Å². The number of hydrogen-bond donors (Lipinski definition) is 3. The molecule has 1 aromatic rings. The first-order valence-corrected chi connectivity index (χ1v) is 9.10. The zero-order valence-electron chi connectivity index (χ0n) is 14.4. The van der Waals surface area contributed by atoms with E-state index in [4.69, 9.17) is 0 Å². The second-order valence-electron chi connectivity index (χ2n) is 6.98. The number of carbonyl (C=O) groups excluding carboxylic acids is 1. The van der Waals surface area contributed by atoms with Crippen molar-refractivity contribution in [3.05, 3.63) is 41.5 Å². The molecule has 0 unspecified atom stereocenters. The van der Waals surface area contributed by atoms with Crippen molar-refractivity contribution in [2.75, 3.05) is 13.2 Å². The molecule has 4 nitrogen and oxygen atoms in total. The molecule has 0 radical (unpaired) electrons. The van der Waals surface area contributed by atoms with E-state index in [0.29, 0.717) is 6.54 Å². The molecule has 1 amide bonds. The molecule has 1 heterocycles. The van der Waals surface area contributed by atoms with E-state index >= 15 is 0 Å². The normalized spacial score (nSPS) is 27.3. The molecule has 4 heteroatoms. The first-order valence-electron chi connectivity index (χ1n) is 9.10. The Bertz CT molecular complexity index is 576. The molecule has 1 aromatic carbocycles. The van der Waals surface area contributed by atoms with Crippen molar-refractivity contribution in [3.8, 4) is 0 Å². The van der Waals surface area contributed by atoms with Crippen LogP contribution in [-0.4, -0.2) is 36.2 Å². The van der Waals surface area contributed by atoms with Crippen LogP contribution in [0.3, 0.4) is 0 Å². The summed E-state index contributed by atoms with van der Waals surface area (Å²) in [5.74, 6) is 0.653. The highest BCUT2D eigenvalue weighted by Gasteiger charge is 2.41. The maximum atomic E-state index is 12.2. The van der Waals surface area contributed by atoms with Crippen LogP contribution in [0, 0.1) is 5.92 Å². The van der Waals surface area contributed by atoms with Crippen molar-refractivity contribution >= 4 is 12.0 Å². The summed E-state index contributed by atoms with van der Waals surface area (Å²) in [6.07, 6.45) is 8.50. The molecule has 2 fully saturated rings. The molecule has 1 aliphatic heterocycles. The molecule has 3 N–H and O–H groups in total. The number of rotatable bonds is 6. The summed E-state index contributed by atoms with van der Waals surface area (Å²) in [6, 6.07) is 8.75. The Hall–Kier alpha value is -1.65. The van der Waals surface area contributed by atoms with Crippen molar-refractivity contribution in [1.29, 1.82) is 0 Å². The van der Waals surface area contributed by atoms with Crippen LogP contribution in [0.2, 0.25) is 0 Å². The number of aliphatic hydroxyl groups excluding tert-OH is 1. The van der Waals surface area contributed by atoms with E-state index in [-0.39, 0.29) is 36.4 Å². The lowest BCUT2D eigenvalue weighted by molar-refractivity contribution is -0.125. The largest absolute Gasteiger partial charge is 0.395 e. The molecule has 130 valence electrons. The molecule has 3 rings (SSSR count). The van der Waals surface area contributed by atoms with Crippen molar-refractivity contribution in [3.63, 3.8) is 0 Å². The SMILES string of the molecule is C/C=C/c1ccc([C@H]2[C@@H](CO)N[C@@H]2CNC(=O)C2CCCC2)cc1. The fraction of sp³-hybridized carbons (Fsp3) is 0.550. The zero-order valence-corrected chi connectivity index (χ0v) is 14.4. The number of aliphatic hydroxyl groups is 1. The highest BCUT2D eigenvalue weighted by molar-refractivity contribution is 5.78. The van der Waals surface area contributed by atoms with Crippen LogP contribution in [0.4, 0.5) is 0 Å². The number of benzene rings is 1. The lowest BCUT2D eigenvalue weighted by atomic mass is 9.77. The predicted molar refractivity (Wildman–Crippen MR) is 96.7 cm³/mol. The van der Waals surface area contributed by atoms with Gasteiger partial charge >= 0.3 is 0 Å². The maximum absolute atomic E-state index is 12.2. The van der Waals surface area contributed by atoms with Gasteiger partial charge in [0.15, 0.2) is 0 Å². The van der Waals surface area contributed by atoms with Crippen LogP contribution in [0.15, 0.2) is 30.3 Å². The Morgan fingerprint density at radius 1 is 1.25 bits per heavy atom. The van der Waals surface area contributed by atoms with Gasteiger partial charge in [-0.3, -0.25) is 4.79 Å². The molecule has 24 heavy (non-hydrogen) atoms. The van der Waals surface area contributed by atoms with E-state index in [1.807, 2.05) is 13.0 Å². The number of nitrogens with one attached hydrogen (secondary N) is 2. The highest BCUT2D eigenvalue weighted by atomic mass is 16.3. The third-order valence-corrected chi connectivity index (χ3v) is 5.39. The fourth-order valence-electron chi connectivity index (χ4n) is 4.03. The molecule has 0 spiro atoms. The van der Waals surface area contributed by atoms with Gasteiger partial charge in [0.25, 0.3) is 0 Å². The Morgan fingerprint density at radius 3 is 2.58 bits per heavy atom. The van der Waals surface area contributed by atoms with Crippen LogP contribution in [0.5, 0.6) is 0 Å². The van der Waals surface area contributed by atoms with Crippen LogP contribution in [-0.2, 0) is 4.79 Å². The second-order valence-corrected chi connectivity index (χ2v) is 6.98. The van der Waals surface area contributed by atoms with Gasteiger partial charge in [0.2, 0.25) is 5.91 Å². The topological polar surface area (TPSA) is 61.4 Å². The van der Waals surface area contributed by atoms with Gasteiger partial charge in [-0.05, 0) is 30.9 Å². The minimum Gasteiger partial charge on any atom is -0.395 e. The molecule has 0 aromatic heterocycles. The molecule has 1 saturated carbocycles. The zero-order chi connectivity index (χ0) is 16.9. The first-order chi connectivity index (χ1) is 11.7. The lowest BCUT2D eigenvalue weighted by Crippen LogP contribution is -2.64. The number of carbonyl (C=O) groups is 1. The highest BCUT2D eigenvalue weighted by Crippen LogP contribution is 2.32. The van der Waals surface area contributed by atoms with E-state index < -0.39 is 0 Å². The quantitative estimate of drug-likeness (QED) is 0.752. The van der Waals surface area contributed by atoms with E-state index in [9.17, 15) is 9.90 Å². The predicted octanol–water partition coefficient (Wildman–Crippen LogP) is 2.44. The Labute approximate surface area is 144 Å². The van der Waals surface area contributed by atoms with Crippen molar-refractivity contribution in [2.45, 2.75) is 50.6 Å². The molecular formula is C20H28N2O2. The fourth-order valence-corrected chi connectivity index (χ4v) is 4.03. The van der Waals surface area contributed by atoms with Gasteiger partial charge in [0.1, 0.15) is 0 Å². The Morgan fingerprint density at radius 2 is 1.96 bits per heavy atom. The molecule has 1 saturated heterocycles. The van der Waals surface area contributed by atoms with Gasteiger partial charge in [0, 0.05) is 30.5 Å². The van der Waals surface area contributed by atoms with Gasteiger partial charge in [-0.1, -0.05) is 49.3 Å². The van der Waals surface area contributed by atoms with E-state index in [1.54, 1.807) is 0 Å². The van der Waals surface area contributed by atoms with E-state index in [0.717, 1.165) is 12.8 Å². The molecule has 0 bridgehead atoms. The summed E-state index contributed by atoms with van der Waals surface area (Å²) < 4.78 is 0. The minimum absolute atomic E-state index is 0.0750. The molecule has 1 aliphatic carbocycles. The third-order valence-electron chi connectivity index (χ3n) is 5.39. The molecular weight excluding hydrogens is 300 g/mol. The monoisotopic (exact) mass is 328 g/mol. The summed E-state index contributed by atoms with van der Waals surface area (Å²) >= 11 is 0. The van der Waals surface area contributed by atoms with Gasteiger partial charge in [-0.2, -0.15) is 0 Å². The average molecular weight is 328 g/mol. The smallest absolute Gasteiger partial charge is 0.223 e. The minimum atomic E-state index is 0.0750. The Kier molecular flexibility index (Phi) is 5.69. The van der Waals surface area contributed by atoms with Crippen molar-refractivity contribution in [2.24, 2.45) is 5.92 Å².